The van der Waals surface area contributed by atoms with Crippen molar-refractivity contribution in [1.82, 2.24) is 10.3 Å². The molecule has 3 nitrogen and oxygen atoms in total. The van der Waals surface area contributed by atoms with Crippen LogP contribution in [0, 0.1) is 6.92 Å². The third kappa shape index (κ3) is 4.21. The van der Waals surface area contributed by atoms with E-state index in [1.54, 1.807) is 6.20 Å². The molecule has 19 heavy (non-hydrogen) atoms. The normalized spacial score (nSPS) is 10.2. The highest BCUT2D eigenvalue weighted by Gasteiger charge is 2.04. The molecule has 0 saturated heterocycles. The van der Waals surface area contributed by atoms with Crippen molar-refractivity contribution in [2.75, 3.05) is 0 Å². The van der Waals surface area contributed by atoms with Crippen LogP contribution in [0.2, 0.25) is 0 Å². The van der Waals surface area contributed by atoms with E-state index in [1.807, 2.05) is 30.3 Å². The van der Waals surface area contributed by atoms with Crippen LogP contribution in [0.3, 0.4) is 0 Å². The molecule has 3 heteroatoms. The van der Waals surface area contributed by atoms with Gasteiger partial charge in [0.2, 0.25) is 5.91 Å². The molecular weight excluding hydrogens is 236 g/mol. The minimum atomic E-state index is 0.0638. The average molecular weight is 254 g/mol. The maximum atomic E-state index is 11.8. The SMILES string of the molecule is Cc1ccccc1CCC(=O)NCc1ccccn1. The second kappa shape index (κ2) is 6.69. The predicted octanol–water partition coefficient (Wildman–Crippen LogP) is 2.64. The van der Waals surface area contributed by atoms with Gasteiger partial charge in [-0.15, -0.1) is 0 Å². The summed E-state index contributed by atoms with van der Waals surface area (Å²) in [6.45, 7) is 2.56. The van der Waals surface area contributed by atoms with Crippen LogP contribution in [-0.2, 0) is 17.8 Å². The van der Waals surface area contributed by atoms with Crippen molar-refractivity contribution in [3.05, 3.63) is 65.5 Å². The summed E-state index contributed by atoms with van der Waals surface area (Å²) >= 11 is 0. The molecule has 2 aromatic rings. The van der Waals surface area contributed by atoms with Crippen LogP contribution in [0.25, 0.3) is 0 Å². The first kappa shape index (κ1) is 13.3. The largest absolute Gasteiger partial charge is 0.350 e. The number of hydrogen-bond donors (Lipinski definition) is 1. The van der Waals surface area contributed by atoms with E-state index in [1.165, 1.54) is 11.1 Å². The van der Waals surface area contributed by atoms with Gasteiger partial charge < -0.3 is 5.32 Å². The van der Waals surface area contributed by atoms with E-state index in [2.05, 4.69) is 29.4 Å². The fourth-order valence-corrected chi connectivity index (χ4v) is 1.92. The quantitative estimate of drug-likeness (QED) is 0.891. The molecule has 0 bridgehead atoms. The number of nitrogens with zero attached hydrogens (tertiary/aromatic N) is 1. The Bertz CT molecular complexity index is 537. The van der Waals surface area contributed by atoms with Gasteiger partial charge in [-0.2, -0.15) is 0 Å². The molecule has 0 aliphatic heterocycles. The summed E-state index contributed by atoms with van der Waals surface area (Å²) in [5.41, 5.74) is 3.35. The summed E-state index contributed by atoms with van der Waals surface area (Å²) in [7, 11) is 0. The summed E-state index contributed by atoms with van der Waals surface area (Å²) in [5, 5.41) is 2.89. The maximum Gasteiger partial charge on any atom is 0.220 e. The number of rotatable bonds is 5. The Labute approximate surface area is 113 Å². The molecular formula is C16H18N2O. The Kier molecular flexibility index (Phi) is 4.67. The Balaban J connectivity index is 1.78. The predicted molar refractivity (Wildman–Crippen MR) is 75.6 cm³/mol. The lowest BCUT2D eigenvalue weighted by Gasteiger charge is -2.06. The lowest BCUT2D eigenvalue weighted by molar-refractivity contribution is -0.121. The number of benzene rings is 1. The smallest absolute Gasteiger partial charge is 0.220 e. The van der Waals surface area contributed by atoms with E-state index < -0.39 is 0 Å². The van der Waals surface area contributed by atoms with Gasteiger partial charge in [0.05, 0.1) is 12.2 Å². The van der Waals surface area contributed by atoms with Crippen molar-refractivity contribution in [2.45, 2.75) is 26.3 Å². The first-order valence-corrected chi connectivity index (χ1v) is 6.47. The Hall–Kier alpha value is -2.16. The number of hydrogen-bond acceptors (Lipinski definition) is 2. The fourth-order valence-electron chi connectivity index (χ4n) is 1.92. The molecule has 0 unspecified atom stereocenters. The van der Waals surface area contributed by atoms with Gasteiger partial charge in [-0.05, 0) is 36.6 Å². The van der Waals surface area contributed by atoms with Gasteiger partial charge in [0.1, 0.15) is 0 Å². The van der Waals surface area contributed by atoms with Crippen LogP contribution in [0.1, 0.15) is 23.2 Å². The van der Waals surface area contributed by atoms with Crippen LogP contribution in [0.4, 0.5) is 0 Å². The number of amides is 1. The first-order valence-electron chi connectivity index (χ1n) is 6.47. The molecule has 1 aromatic carbocycles. The first-order chi connectivity index (χ1) is 9.25. The molecule has 0 fully saturated rings. The van der Waals surface area contributed by atoms with Crippen molar-refractivity contribution in [2.24, 2.45) is 0 Å². The van der Waals surface area contributed by atoms with E-state index in [0.717, 1.165) is 12.1 Å². The van der Waals surface area contributed by atoms with E-state index >= 15 is 0 Å². The number of pyridine rings is 1. The topological polar surface area (TPSA) is 42.0 Å². The van der Waals surface area contributed by atoms with E-state index in [9.17, 15) is 4.79 Å². The summed E-state index contributed by atoms with van der Waals surface area (Å²) in [6, 6.07) is 13.9. The Morgan fingerprint density at radius 3 is 2.68 bits per heavy atom. The van der Waals surface area contributed by atoms with Crippen LogP contribution in [0.5, 0.6) is 0 Å². The highest BCUT2D eigenvalue weighted by Crippen LogP contribution is 2.09. The minimum Gasteiger partial charge on any atom is -0.350 e. The molecule has 1 amide bonds. The van der Waals surface area contributed by atoms with Gasteiger partial charge >= 0.3 is 0 Å². The van der Waals surface area contributed by atoms with Gasteiger partial charge in [-0.25, -0.2) is 0 Å². The standard InChI is InChI=1S/C16H18N2O/c1-13-6-2-3-7-14(13)9-10-16(19)18-12-15-8-4-5-11-17-15/h2-8,11H,9-10,12H2,1H3,(H,18,19). The van der Waals surface area contributed by atoms with Gasteiger partial charge in [0.25, 0.3) is 0 Å². The number of carbonyl (C=O) groups excluding carboxylic acids is 1. The van der Waals surface area contributed by atoms with Crippen molar-refractivity contribution in [1.29, 1.82) is 0 Å². The van der Waals surface area contributed by atoms with Crippen molar-refractivity contribution in [3.8, 4) is 0 Å². The lowest BCUT2D eigenvalue weighted by atomic mass is 10.0. The van der Waals surface area contributed by atoms with Crippen molar-refractivity contribution < 1.29 is 4.79 Å². The second-order valence-corrected chi connectivity index (χ2v) is 4.52. The molecule has 1 N–H and O–H groups in total. The summed E-state index contributed by atoms with van der Waals surface area (Å²) in [5.74, 6) is 0.0638. The Morgan fingerprint density at radius 2 is 1.95 bits per heavy atom. The highest BCUT2D eigenvalue weighted by atomic mass is 16.1. The molecule has 0 aliphatic rings. The Morgan fingerprint density at radius 1 is 1.16 bits per heavy atom. The summed E-state index contributed by atoms with van der Waals surface area (Å²) in [6.07, 6.45) is 3.02. The zero-order chi connectivity index (χ0) is 13.5. The molecule has 0 atom stereocenters. The average Bonchev–Trinajstić information content (AvgIpc) is 2.45. The van der Waals surface area contributed by atoms with Gasteiger partial charge in [0.15, 0.2) is 0 Å². The van der Waals surface area contributed by atoms with Crippen molar-refractivity contribution in [3.63, 3.8) is 0 Å². The molecule has 1 aromatic heterocycles. The molecule has 1 heterocycles. The maximum absolute atomic E-state index is 11.8. The van der Waals surface area contributed by atoms with Crippen LogP contribution >= 0.6 is 0 Å². The molecule has 0 radical (unpaired) electrons. The molecule has 2 rings (SSSR count). The van der Waals surface area contributed by atoms with Gasteiger partial charge in [-0.1, -0.05) is 30.3 Å². The third-order valence-corrected chi connectivity index (χ3v) is 3.08. The van der Waals surface area contributed by atoms with Crippen LogP contribution in [0.15, 0.2) is 48.7 Å². The monoisotopic (exact) mass is 254 g/mol. The zero-order valence-corrected chi connectivity index (χ0v) is 11.1. The number of aryl methyl sites for hydroxylation is 2. The summed E-state index contributed by atoms with van der Waals surface area (Å²) in [4.78, 5) is 15.9. The number of aromatic nitrogens is 1. The third-order valence-electron chi connectivity index (χ3n) is 3.08. The van der Waals surface area contributed by atoms with E-state index in [4.69, 9.17) is 0 Å². The number of carbonyl (C=O) groups is 1. The van der Waals surface area contributed by atoms with Gasteiger partial charge in [-0.3, -0.25) is 9.78 Å². The molecule has 0 spiro atoms. The lowest BCUT2D eigenvalue weighted by Crippen LogP contribution is -2.23. The number of nitrogens with one attached hydrogen (secondary N) is 1. The van der Waals surface area contributed by atoms with Crippen LogP contribution in [-0.4, -0.2) is 10.9 Å². The minimum absolute atomic E-state index is 0.0638. The van der Waals surface area contributed by atoms with E-state index in [-0.39, 0.29) is 5.91 Å². The molecule has 98 valence electrons. The fraction of sp³-hybridized carbons (Fsp3) is 0.250. The molecule has 0 saturated carbocycles. The van der Waals surface area contributed by atoms with Crippen molar-refractivity contribution >= 4 is 5.91 Å². The van der Waals surface area contributed by atoms with Gasteiger partial charge in [0, 0.05) is 12.6 Å². The molecule has 0 aliphatic carbocycles. The van der Waals surface area contributed by atoms with E-state index in [0.29, 0.717) is 13.0 Å². The second-order valence-electron chi connectivity index (χ2n) is 4.52. The zero-order valence-electron chi connectivity index (χ0n) is 11.1. The van der Waals surface area contributed by atoms with Crippen LogP contribution < -0.4 is 5.32 Å². The highest BCUT2D eigenvalue weighted by molar-refractivity contribution is 5.76. The summed E-state index contributed by atoms with van der Waals surface area (Å²) < 4.78 is 0.